The van der Waals surface area contributed by atoms with Crippen molar-refractivity contribution in [2.24, 2.45) is 0 Å². The van der Waals surface area contributed by atoms with Gasteiger partial charge >= 0.3 is 5.97 Å². The molecule has 0 unspecified atom stereocenters. The number of rotatable bonds is 9. The maximum absolute atomic E-state index is 11.7. The van der Waals surface area contributed by atoms with Gasteiger partial charge < -0.3 is 14.2 Å². The van der Waals surface area contributed by atoms with Crippen molar-refractivity contribution in [1.29, 1.82) is 0 Å². The molecule has 0 aliphatic rings. The van der Waals surface area contributed by atoms with Crippen LogP contribution in [0.25, 0.3) is 11.1 Å². The van der Waals surface area contributed by atoms with Crippen molar-refractivity contribution in [2.45, 2.75) is 13.8 Å². The maximum atomic E-state index is 11.7. The molecule has 0 bridgehead atoms. The first-order valence-electron chi connectivity index (χ1n) is 8.17. The minimum atomic E-state index is -0.315. The van der Waals surface area contributed by atoms with E-state index in [9.17, 15) is 9.59 Å². The monoisotopic (exact) mass is 342 g/mol. The topological polar surface area (TPSA) is 61.8 Å². The molecule has 25 heavy (non-hydrogen) atoms. The molecule has 0 N–H and O–H groups in total. The molecule has 0 aliphatic heterocycles. The molecule has 5 nitrogen and oxygen atoms in total. The van der Waals surface area contributed by atoms with Crippen LogP contribution in [0.5, 0.6) is 5.75 Å². The lowest BCUT2D eigenvalue weighted by molar-refractivity contribution is -0.121. The normalized spacial score (nSPS) is 10.3. The lowest BCUT2D eigenvalue weighted by atomic mass is 10.0. The Bertz CT molecular complexity index is 689. The van der Waals surface area contributed by atoms with Crippen molar-refractivity contribution < 1.29 is 23.8 Å². The van der Waals surface area contributed by atoms with E-state index in [2.05, 4.69) is 0 Å². The Morgan fingerprint density at radius 3 is 2.04 bits per heavy atom. The van der Waals surface area contributed by atoms with Gasteiger partial charge in [0, 0.05) is 0 Å². The zero-order valence-corrected chi connectivity index (χ0v) is 14.5. The summed E-state index contributed by atoms with van der Waals surface area (Å²) in [5.74, 6) is 0.418. The van der Waals surface area contributed by atoms with Gasteiger partial charge in [-0.25, -0.2) is 4.79 Å². The summed E-state index contributed by atoms with van der Waals surface area (Å²) in [6.07, 6.45) is 0. The van der Waals surface area contributed by atoms with E-state index in [1.54, 1.807) is 19.1 Å². The van der Waals surface area contributed by atoms with Crippen LogP contribution in [0.2, 0.25) is 0 Å². The Kier molecular flexibility index (Phi) is 7.16. The molecule has 0 spiro atoms. The highest BCUT2D eigenvalue weighted by Crippen LogP contribution is 2.23. The molecule has 0 heterocycles. The molecule has 5 heteroatoms. The molecule has 0 aromatic heterocycles. The number of carbonyl (C=O) groups excluding carboxylic acids is 2. The van der Waals surface area contributed by atoms with E-state index >= 15 is 0 Å². The molecule has 2 rings (SSSR count). The molecule has 0 saturated carbocycles. The summed E-state index contributed by atoms with van der Waals surface area (Å²) < 4.78 is 15.7. The van der Waals surface area contributed by atoms with Crippen molar-refractivity contribution >= 4 is 11.8 Å². The molecule has 0 radical (unpaired) electrons. The molecular formula is C20H22O5. The molecule has 2 aromatic carbocycles. The zero-order chi connectivity index (χ0) is 18.1. The summed E-state index contributed by atoms with van der Waals surface area (Å²) in [7, 11) is 0. The summed E-state index contributed by atoms with van der Waals surface area (Å²) >= 11 is 0. The van der Waals surface area contributed by atoms with Gasteiger partial charge in [-0.3, -0.25) is 4.79 Å². The van der Waals surface area contributed by atoms with Crippen LogP contribution >= 0.6 is 0 Å². The van der Waals surface area contributed by atoms with E-state index in [4.69, 9.17) is 14.2 Å². The van der Waals surface area contributed by atoms with Crippen LogP contribution in [0.4, 0.5) is 0 Å². The van der Waals surface area contributed by atoms with Crippen LogP contribution in [-0.2, 0) is 14.3 Å². The van der Waals surface area contributed by atoms with Gasteiger partial charge in [-0.15, -0.1) is 0 Å². The van der Waals surface area contributed by atoms with E-state index in [1.807, 2.05) is 36.4 Å². The smallest absolute Gasteiger partial charge is 0.338 e. The van der Waals surface area contributed by atoms with Crippen molar-refractivity contribution in [1.82, 2.24) is 0 Å². The predicted octanol–water partition coefficient (Wildman–Crippen LogP) is 3.51. The SMILES string of the molecule is CCOC(=O)c1ccc(-c2ccc(OCCOCC(C)=O)cc2)cc1. The lowest BCUT2D eigenvalue weighted by Crippen LogP contribution is -2.11. The Morgan fingerprint density at radius 2 is 1.48 bits per heavy atom. The third kappa shape index (κ3) is 6.04. The summed E-state index contributed by atoms with van der Waals surface area (Å²) in [6, 6.07) is 14.9. The fraction of sp³-hybridized carbons (Fsp3) is 0.300. The predicted molar refractivity (Wildman–Crippen MR) is 94.8 cm³/mol. The Labute approximate surface area is 147 Å². The molecule has 0 fully saturated rings. The van der Waals surface area contributed by atoms with Crippen molar-refractivity contribution in [3.8, 4) is 16.9 Å². The van der Waals surface area contributed by atoms with Gasteiger partial charge in [0.15, 0.2) is 5.78 Å². The highest BCUT2D eigenvalue weighted by atomic mass is 16.5. The number of ether oxygens (including phenoxy) is 3. The largest absolute Gasteiger partial charge is 0.491 e. The van der Waals surface area contributed by atoms with Gasteiger partial charge in [-0.05, 0) is 49.2 Å². The van der Waals surface area contributed by atoms with Gasteiger partial charge in [-0.2, -0.15) is 0 Å². The number of hydrogen-bond donors (Lipinski definition) is 0. The van der Waals surface area contributed by atoms with Crippen molar-refractivity contribution in [3.05, 3.63) is 54.1 Å². The third-order valence-electron chi connectivity index (χ3n) is 3.39. The number of Topliss-reactive ketones (excluding diaryl/α,β-unsaturated/α-hetero) is 1. The molecule has 2 aromatic rings. The van der Waals surface area contributed by atoms with Crippen LogP contribution in [0, 0.1) is 0 Å². The summed E-state index contributed by atoms with van der Waals surface area (Å²) in [4.78, 5) is 22.4. The highest BCUT2D eigenvalue weighted by Gasteiger charge is 2.06. The third-order valence-corrected chi connectivity index (χ3v) is 3.39. The first-order valence-corrected chi connectivity index (χ1v) is 8.17. The second kappa shape index (κ2) is 9.59. The average molecular weight is 342 g/mol. The van der Waals surface area contributed by atoms with E-state index in [-0.39, 0.29) is 18.4 Å². The van der Waals surface area contributed by atoms with Crippen molar-refractivity contribution in [2.75, 3.05) is 26.4 Å². The molecule has 0 aliphatic carbocycles. The number of hydrogen-bond acceptors (Lipinski definition) is 5. The molecule has 0 saturated heterocycles. The Balaban J connectivity index is 1.89. The quantitative estimate of drug-likeness (QED) is 0.515. The van der Waals surface area contributed by atoms with Crippen molar-refractivity contribution in [3.63, 3.8) is 0 Å². The maximum Gasteiger partial charge on any atom is 0.338 e. The van der Waals surface area contributed by atoms with E-state index in [0.717, 1.165) is 16.9 Å². The summed E-state index contributed by atoms with van der Waals surface area (Å²) in [6.45, 7) is 4.51. The van der Waals surface area contributed by atoms with Crippen LogP contribution < -0.4 is 4.74 Å². The van der Waals surface area contributed by atoms with Crippen LogP contribution in [-0.4, -0.2) is 38.2 Å². The standard InChI is InChI=1S/C20H22O5/c1-3-24-20(22)18-6-4-16(5-7-18)17-8-10-19(11-9-17)25-13-12-23-14-15(2)21/h4-11H,3,12-14H2,1-2H3. The van der Waals surface area contributed by atoms with Gasteiger partial charge in [0.05, 0.1) is 18.8 Å². The zero-order valence-electron chi connectivity index (χ0n) is 14.5. The van der Waals surface area contributed by atoms with Gasteiger partial charge in [0.25, 0.3) is 0 Å². The van der Waals surface area contributed by atoms with E-state index in [1.165, 1.54) is 6.92 Å². The number of esters is 1. The first kappa shape index (κ1) is 18.7. The van der Waals surface area contributed by atoms with E-state index in [0.29, 0.717) is 25.4 Å². The molecule has 132 valence electrons. The molecule has 0 atom stereocenters. The average Bonchev–Trinajstić information content (AvgIpc) is 2.62. The van der Waals surface area contributed by atoms with Gasteiger partial charge in [0.2, 0.25) is 0 Å². The second-order valence-electron chi connectivity index (χ2n) is 5.43. The number of benzene rings is 2. The Hall–Kier alpha value is -2.66. The van der Waals surface area contributed by atoms with Gasteiger partial charge in [0.1, 0.15) is 19.0 Å². The fourth-order valence-electron chi connectivity index (χ4n) is 2.19. The van der Waals surface area contributed by atoms with Crippen LogP contribution in [0.15, 0.2) is 48.5 Å². The highest BCUT2D eigenvalue weighted by molar-refractivity contribution is 5.90. The van der Waals surface area contributed by atoms with E-state index < -0.39 is 0 Å². The van der Waals surface area contributed by atoms with Crippen LogP contribution in [0.3, 0.4) is 0 Å². The molecular weight excluding hydrogens is 320 g/mol. The minimum Gasteiger partial charge on any atom is -0.491 e. The van der Waals surface area contributed by atoms with Crippen LogP contribution in [0.1, 0.15) is 24.2 Å². The second-order valence-corrected chi connectivity index (χ2v) is 5.43. The summed E-state index contributed by atoms with van der Waals surface area (Å²) in [5, 5.41) is 0. The minimum absolute atomic E-state index is 0.00155. The number of ketones is 1. The fourth-order valence-corrected chi connectivity index (χ4v) is 2.19. The first-order chi connectivity index (χ1) is 12.1. The molecule has 0 amide bonds. The Morgan fingerprint density at radius 1 is 0.880 bits per heavy atom. The van der Waals surface area contributed by atoms with Gasteiger partial charge in [-0.1, -0.05) is 24.3 Å². The number of carbonyl (C=O) groups is 2. The summed E-state index contributed by atoms with van der Waals surface area (Å²) in [5.41, 5.74) is 2.57. The lowest BCUT2D eigenvalue weighted by Gasteiger charge is -2.08.